The molecule has 17 heavy (non-hydrogen) atoms. The van der Waals surface area contributed by atoms with Crippen LogP contribution in [0.3, 0.4) is 0 Å². The van der Waals surface area contributed by atoms with Gasteiger partial charge < -0.3 is 14.8 Å². The van der Waals surface area contributed by atoms with Gasteiger partial charge in [0, 0.05) is 27.3 Å². The van der Waals surface area contributed by atoms with Gasteiger partial charge in [-0.05, 0) is 17.7 Å². The predicted molar refractivity (Wildman–Crippen MR) is 60.7 cm³/mol. The summed E-state index contributed by atoms with van der Waals surface area (Å²) in [6.07, 6.45) is -0.0507. The van der Waals surface area contributed by atoms with Crippen molar-refractivity contribution in [2.45, 2.75) is 12.6 Å². The van der Waals surface area contributed by atoms with E-state index >= 15 is 0 Å². The molecule has 0 spiro atoms. The Bertz CT molecular complexity index is 347. The minimum Gasteiger partial charge on any atom is -0.382 e. The maximum absolute atomic E-state index is 12.9. The Morgan fingerprint density at radius 2 is 2.00 bits per heavy atom. The lowest BCUT2D eigenvalue weighted by atomic mass is 10.2. The topological polar surface area (TPSA) is 30.5 Å². The highest BCUT2D eigenvalue weighted by Crippen LogP contribution is 2.08. The zero-order valence-electron chi connectivity index (χ0n) is 10.0. The van der Waals surface area contributed by atoms with Gasteiger partial charge in [0.1, 0.15) is 0 Å². The molecule has 0 heterocycles. The van der Waals surface area contributed by atoms with Gasteiger partial charge in [0.25, 0.3) is 0 Å². The van der Waals surface area contributed by atoms with Gasteiger partial charge in [-0.15, -0.1) is 0 Å². The highest BCUT2D eigenvalue weighted by molar-refractivity contribution is 5.17. The average molecular weight is 245 g/mol. The maximum atomic E-state index is 12.9. The van der Waals surface area contributed by atoms with Crippen molar-refractivity contribution in [2.24, 2.45) is 0 Å². The molecule has 0 aromatic heterocycles. The lowest BCUT2D eigenvalue weighted by Crippen LogP contribution is -2.31. The highest BCUT2D eigenvalue weighted by atomic mass is 19.2. The van der Waals surface area contributed by atoms with Crippen molar-refractivity contribution >= 4 is 0 Å². The van der Waals surface area contributed by atoms with E-state index in [9.17, 15) is 8.78 Å². The molecule has 0 bridgehead atoms. The molecule has 5 heteroatoms. The molecule has 0 radical (unpaired) electrons. The van der Waals surface area contributed by atoms with Crippen LogP contribution in [0.2, 0.25) is 0 Å². The summed E-state index contributed by atoms with van der Waals surface area (Å²) in [5.41, 5.74) is 0.691. The van der Waals surface area contributed by atoms with Gasteiger partial charge in [-0.3, -0.25) is 0 Å². The monoisotopic (exact) mass is 245 g/mol. The van der Waals surface area contributed by atoms with E-state index < -0.39 is 11.6 Å². The Kier molecular flexibility index (Phi) is 6.04. The third-order valence-electron chi connectivity index (χ3n) is 2.37. The first-order valence-electron chi connectivity index (χ1n) is 5.33. The number of nitrogens with one attached hydrogen (secondary N) is 1. The van der Waals surface area contributed by atoms with E-state index in [0.29, 0.717) is 25.3 Å². The van der Waals surface area contributed by atoms with Gasteiger partial charge >= 0.3 is 0 Å². The number of halogens is 2. The standard InChI is InChI=1S/C12H17F2NO2/c1-16-8-10(17-2)7-15-6-9-3-4-11(13)12(14)5-9/h3-5,10,15H,6-8H2,1-2H3. The minimum absolute atomic E-state index is 0.0507. The van der Waals surface area contributed by atoms with Crippen LogP contribution < -0.4 is 5.32 Å². The van der Waals surface area contributed by atoms with Crippen LogP contribution in [-0.2, 0) is 16.0 Å². The van der Waals surface area contributed by atoms with Gasteiger partial charge in [0.15, 0.2) is 11.6 Å². The summed E-state index contributed by atoms with van der Waals surface area (Å²) < 4.78 is 35.7. The Morgan fingerprint density at radius 1 is 1.24 bits per heavy atom. The van der Waals surface area contributed by atoms with Gasteiger partial charge in [-0.25, -0.2) is 8.78 Å². The van der Waals surface area contributed by atoms with E-state index in [4.69, 9.17) is 9.47 Å². The number of methoxy groups -OCH3 is 2. The van der Waals surface area contributed by atoms with Gasteiger partial charge in [-0.1, -0.05) is 6.07 Å². The molecule has 0 aliphatic rings. The fourth-order valence-corrected chi connectivity index (χ4v) is 1.42. The third kappa shape index (κ3) is 4.77. The van der Waals surface area contributed by atoms with Crippen LogP contribution in [-0.4, -0.2) is 33.5 Å². The van der Waals surface area contributed by atoms with Crippen LogP contribution in [0.15, 0.2) is 18.2 Å². The van der Waals surface area contributed by atoms with Gasteiger partial charge in [-0.2, -0.15) is 0 Å². The van der Waals surface area contributed by atoms with Crippen LogP contribution in [0.5, 0.6) is 0 Å². The van der Waals surface area contributed by atoms with Crippen molar-refractivity contribution in [3.63, 3.8) is 0 Å². The molecule has 1 aromatic carbocycles. The summed E-state index contributed by atoms with van der Waals surface area (Å²) in [7, 11) is 3.20. The van der Waals surface area contributed by atoms with Crippen LogP contribution in [0.4, 0.5) is 8.78 Å². The van der Waals surface area contributed by atoms with Crippen LogP contribution in [0.1, 0.15) is 5.56 Å². The second kappa shape index (κ2) is 7.32. The largest absolute Gasteiger partial charge is 0.382 e. The normalized spacial score (nSPS) is 12.7. The molecule has 1 N–H and O–H groups in total. The van der Waals surface area contributed by atoms with Crippen molar-refractivity contribution in [3.8, 4) is 0 Å². The number of hydrogen-bond acceptors (Lipinski definition) is 3. The molecule has 0 saturated carbocycles. The summed E-state index contributed by atoms with van der Waals surface area (Å²) in [6, 6.07) is 3.85. The number of ether oxygens (including phenoxy) is 2. The zero-order valence-corrected chi connectivity index (χ0v) is 10.0. The van der Waals surface area contributed by atoms with Crippen LogP contribution in [0.25, 0.3) is 0 Å². The molecule has 0 fully saturated rings. The van der Waals surface area contributed by atoms with Crippen molar-refractivity contribution in [1.82, 2.24) is 5.32 Å². The molecular weight excluding hydrogens is 228 g/mol. The Hall–Kier alpha value is -1.04. The lowest BCUT2D eigenvalue weighted by Gasteiger charge is -2.15. The molecule has 1 atom stereocenters. The predicted octanol–water partition coefficient (Wildman–Crippen LogP) is 1.72. The van der Waals surface area contributed by atoms with E-state index in [0.717, 1.165) is 6.07 Å². The van der Waals surface area contributed by atoms with E-state index in [1.807, 2.05) is 0 Å². The fraction of sp³-hybridized carbons (Fsp3) is 0.500. The molecule has 1 unspecified atom stereocenters. The van der Waals surface area contributed by atoms with Crippen LogP contribution >= 0.6 is 0 Å². The summed E-state index contributed by atoms with van der Waals surface area (Å²) in [6.45, 7) is 1.53. The molecule has 0 aliphatic carbocycles. The Morgan fingerprint density at radius 3 is 2.59 bits per heavy atom. The first-order valence-corrected chi connectivity index (χ1v) is 5.33. The fourth-order valence-electron chi connectivity index (χ4n) is 1.42. The van der Waals surface area contributed by atoms with Crippen molar-refractivity contribution < 1.29 is 18.3 Å². The van der Waals surface area contributed by atoms with Gasteiger partial charge in [0.05, 0.1) is 12.7 Å². The van der Waals surface area contributed by atoms with E-state index in [1.165, 1.54) is 6.07 Å². The molecule has 0 saturated heterocycles. The average Bonchev–Trinajstić information content (AvgIpc) is 2.32. The lowest BCUT2D eigenvalue weighted by molar-refractivity contribution is 0.0288. The second-order valence-electron chi connectivity index (χ2n) is 3.69. The Balaban J connectivity index is 2.37. The SMILES string of the molecule is COCC(CNCc1ccc(F)c(F)c1)OC. The minimum atomic E-state index is -0.831. The molecule has 3 nitrogen and oxygen atoms in total. The Labute approximate surface area is 99.7 Å². The number of hydrogen-bond donors (Lipinski definition) is 1. The maximum Gasteiger partial charge on any atom is 0.159 e. The molecule has 1 aromatic rings. The molecular formula is C12H17F2NO2. The number of rotatable bonds is 7. The summed E-state index contributed by atoms with van der Waals surface area (Å²) in [5.74, 6) is -1.66. The summed E-state index contributed by atoms with van der Waals surface area (Å²) in [4.78, 5) is 0. The summed E-state index contributed by atoms with van der Waals surface area (Å²) >= 11 is 0. The first kappa shape index (κ1) is 14.0. The summed E-state index contributed by atoms with van der Waals surface area (Å²) in [5, 5.41) is 3.09. The van der Waals surface area contributed by atoms with E-state index in [-0.39, 0.29) is 6.10 Å². The molecule has 0 aliphatic heterocycles. The molecule has 96 valence electrons. The first-order chi connectivity index (χ1) is 8.17. The van der Waals surface area contributed by atoms with Crippen molar-refractivity contribution in [1.29, 1.82) is 0 Å². The van der Waals surface area contributed by atoms with Crippen molar-refractivity contribution in [2.75, 3.05) is 27.4 Å². The zero-order chi connectivity index (χ0) is 12.7. The molecule has 1 rings (SSSR count). The highest BCUT2D eigenvalue weighted by Gasteiger charge is 2.06. The number of benzene rings is 1. The second-order valence-corrected chi connectivity index (χ2v) is 3.69. The van der Waals surface area contributed by atoms with E-state index in [2.05, 4.69) is 5.32 Å². The van der Waals surface area contributed by atoms with Crippen molar-refractivity contribution in [3.05, 3.63) is 35.4 Å². The third-order valence-corrected chi connectivity index (χ3v) is 2.37. The van der Waals surface area contributed by atoms with Gasteiger partial charge in [0.2, 0.25) is 0 Å². The van der Waals surface area contributed by atoms with E-state index in [1.54, 1.807) is 20.3 Å². The molecule has 0 amide bonds. The van der Waals surface area contributed by atoms with Crippen LogP contribution in [0, 0.1) is 11.6 Å². The smallest absolute Gasteiger partial charge is 0.159 e. The quantitative estimate of drug-likeness (QED) is 0.793.